The number of nitrogens with one attached hydrogen (secondary N) is 1. The second-order valence-electron chi connectivity index (χ2n) is 5.83. The number of amides is 1. The molecule has 0 aliphatic carbocycles. The van der Waals surface area contributed by atoms with E-state index < -0.39 is 6.10 Å². The largest absolute Gasteiger partial charge is 0.457 e. The number of nitrogens with zero attached hydrogens (tertiary/aromatic N) is 1. The van der Waals surface area contributed by atoms with E-state index >= 15 is 0 Å². The van der Waals surface area contributed by atoms with E-state index in [4.69, 9.17) is 10.00 Å². The third-order valence-electron chi connectivity index (χ3n) is 3.52. The minimum atomic E-state index is -0.649. The van der Waals surface area contributed by atoms with Crippen LogP contribution in [0, 0.1) is 17.2 Å². The van der Waals surface area contributed by atoms with E-state index in [9.17, 15) is 9.90 Å². The Kier molecular flexibility index (Phi) is 5.94. The Morgan fingerprint density at radius 3 is 2.17 bits per heavy atom. The van der Waals surface area contributed by atoms with Crippen molar-refractivity contribution in [3.05, 3.63) is 54.1 Å². The van der Waals surface area contributed by atoms with Crippen LogP contribution in [0.5, 0.6) is 11.5 Å². The second-order valence-corrected chi connectivity index (χ2v) is 5.83. The maximum absolute atomic E-state index is 11.8. The van der Waals surface area contributed by atoms with Gasteiger partial charge in [-0.2, -0.15) is 5.26 Å². The van der Waals surface area contributed by atoms with Gasteiger partial charge in [-0.3, -0.25) is 4.79 Å². The Bertz CT molecular complexity index is 716. The SMILES string of the molecule is CC(C)C(O)CC(=O)Nc1ccc(Oc2ccc(C#N)cc2)cc1. The van der Waals surface area contributed by atoms with Gasteiger partial charge in [-0.15, -0.1) is 0 Å². The highest BCUT2D eigenvalue weighted by Gasteiger charge is 2.14. The van der Waals surface area contributed by atoms with Gasteiger partial charge in [0.15, 0.2) is 0 Å². The van der Waals surface area contributed by atoms with Crippen molar-refractivity contribution >= 4 is 11.6 Å². The van der Waals surface area contributed by atoms with Crippen molar-refractivity contribution in [1.82, 2.24) is 0 Å². The third kappa shape index (κ3) is 5.11. The molecule has 2 aromatic carbocycles. The zero-order valence-electron chi connectivity index (χ0n) is 13.7. The molecule has 5 heteroatoms. The van der Waals surface area contributed by atoms with Crippen molar-refractivity contribution < 1.29 is 14.6 Å². The number of hydrogen-bond donors (Lipinski definition) is 2. The number of hydrogen-bond acceptors (Lipinski definition) is 4. The van der Waals surface area contributed by atoms with Crippen LogP contribution in [-0.2, 0) is 4.79 Å². The number of nitriles is 1. The van der Waals surface area contributed by atoms with Crippen LogP contribution in [0.4, 0.5) is 5.69 Å². The predicted octanol–water partition coefficient (Wildman–Crippen LogP) is 3.70. The van der Waals surface area contributed by atoms with E-state index in [-0.39, 0.29) is 18.2 Å². The number of aliphatic hydroxyl groups is 1. The summed E-state index contributed by atoms with van der Waals surface area (Å²) in [6.07, 6.45) is -0.578. The second kappa shape index (κ2) is 8.14. The molecule has 0 aliphatic heterocycles. The average molecular weight is 324 g/mol. The molecule has 0 fully saturated rings. The van der Waals surface area contributed by atoms with Gasteiger partial charge in [0.25, 0.3) is 0 Å². The summed E-state index contributed by atoms with van der Waals surface area (Å²) in [5.74, 6) is 1.07. The van der Waals surface area contributed by atoms with Gasteiger partial charge in [0.05, 0.1) is 24.2 Å². The zero-order chi connectivity index (χ0) is 17.5. The fraction of sp³-hybridized carbons (Fsp3) is 0.263. The first kappa shape index (κ1) is 17.5. The fourth-order valence-corrected chi connectivity index (χ4v) is 1.98. The number of carbonyl (C=O) groups is 1. The van der Waals surface area contributed by atoms with Crippen LogP contribution in [0.3, 0.4) is 0 Å². The molecular formula is C19H20N2O3. The number of aliphatic hydroxyl groups excluding tert-OH is 1. The summed E-state index contributed by atoms with van der Waals surface area (Å²) in [5, 5.41) is 21.2. The van der Waals surface area contributed by atoms with Gasteiger partial charge in [-0.1, -0.05) is 13.8 Å². The fourth-order valence-electron chi connectivity index (χ4n) is 1.98. The van der Waals surface area contributed by atoms with E-state index in [1.807, 2.05) is 13.8 Å². The molecule has 0 saturated carbocycles. The third-order valence-corrected chi connectivity index (χ3v) is 3.52. The lowest BCUT2D eigenvalue weighted by Crippen LogP contribution is -2.23. The lowest BCUT2D eigenvalue weighted by molar-refractivity contribution is -0.118. The average Bonchev–Trinajstić information content (AvgIpc) is 2.57. The molecule has 1 atom stereocenters. The first-order valence-corrected chi connectivity index (χ1v) is 7.74. The normalized spacial score (nSPS) is 11.6. The van der Waals surface area contributed by atoms with Crippen molar-refractivity contribution in [2.24, 2.45) is 5.92 Å². The summed E-state index contributed by atoms with van der Waals surface area (Å²) < 4.78 is 5.67. The van der Waals surface area contributed by atoms with Gasteiger partial charge < -0.3 is 15.2 Å². The summed E-state index contributed by atoms with van der Waals surface area (Å²) in [5.41, 5.74) is 1.21. The molecule has 2 aromatic rings. The molecule has 0 bridgehead atoms. The quantitative estimate of drug-likeness (QED) is 0.849. The van der Waals surface area contributed by atoms with E-state index in [0.717, 1.165) is 0 Å². The number of anilines is 1. The molecule has 5 nitrogen and oxygen atoms in total. The summed E-state index contributed by atoms with van der Waals surface area (Å²) in [4.78, 5) is 11.8. The number of carbonyl (C=O) groups excluding carboxylic acids is 1. The van der Waals surface area contributed by atoms with Crippen LogP contribution in [0.25, 0.3) is 0 Å². The van der Waals surface area contributed by atoms with Crippen LogP contribution in [-0.4, -0.2) is 17.1 Å². The van der Waals surface area contributed by atoms with Crippen LogP contribution in [0.2, 0.25) is 0 Å². The summed E-state index contributed by atoms with van der Waals surface area (Å²) in [6, 6.07) is 15.8. The molecule has 2 N–H and O–H groups in total. The summed E-state index contributed by atoms with van der Waals surface area (Å²) >= 11 is 0. The molecule has 1 amide bonds. The molecule has 1 unspecified atom stereocenters. The highest BCUT2D eigenvalue weighted by Crippen LogP contribution is 2.23. The highest BCUT2D eigenvalue weighted by molar-refractivity contribution is 5.91. The predicted molar refractivity (Wildman–Crippen MR) is 91.8 cm³/mol. The molecule has 24 heavy (non-hydrogen) atoms. The van der Waals surface area contributed by atoms with E-state index in [1.165, 1.54) is 0 Å². The van der Waals surface area contributed by atoms with Crippen LogP contribution in [0.15, 0.2) is 48.5 Å². The maximum atomic E-state index is 11.8. The molecular weight excluding hydrogens is 304 g/mol. The van der Waals surface area contributed by atoms with Gasteiger partial charge in [-0.05, 0) is 54.4 Å². The standard InChI is InChI=1S/C19H20N2O3/c1-13(2)18(22)11-19(23)21-15-5-9-17(10-6-15)24-16-7-3-14(12-20)4-8-16/h3-10,13,18,22H,11H2,1-2H3,(H,21,23). The van der Waals surface area contributed by atoms with Crippen molar-refractivity contribution in [1.29, 1.82) is 5.26 Å². The Labute approximate surface area is 141 Å². The topological polar surface area (TPSA) is 82.3 Å². The molecule has 0 saturated heterocycles. The van der Waals surface area contributed by atoms with Gasteiger partial charge in [-0.25, -0.2) is 0 Å². The number of ether oxygens (including phenoxy) is 1. The lowest BCUT2D eigenvalue weighted by atomic mass is 10.0. The first-order chi connectivity index (χ1) is 11.5. The Hall–Kier alpha value is -2.84. The van der Waals surface area contributed by atoms with Gasteiger partial charge in [0, 0.05) is 5.69 Å². The molecule has 0 aliphatic rings. The highest BCUT2D eigenvalue weighted by atomic mass is 16.5. The van der Waals surface area contributed by atoms with Crippen LogP contribution >= 0.6 is 0 Å². The zero-order valence-corrected chi connectivity index (χ0v) is 13.7. The van der Waals surface area contributed by atoms with E-state index in [1.54, 1.807) is 48.5 Å². The minimum Gasteiger partial charge on any atom is -0.457 e. The molecule has 2 rings (SSSR count). The van der Waals surface area contributed by atoms with Crippen molar-refractivity contribution in [2.75, 3.05) is 5.32 Å². The smallest absolute Gasteiger partial charge is 0.226 e. The van der Waals surface area contributed by atoms with Crippen LogP contribution in [0.1, 0.15) is 25.8 Å². The van der Waals surface area contributed by atoms with Gasteiger partial charge in [0.2, 0.25) is 5.91 Å². The van der Waals surface area contributed by atoms with E-state index in [0.29, 0.717) is 22.7 Å². The van der Waals surface area contributed by atoms with Gasteiger partial charge >= 0.3 is 0 Å². The maximum Gasteiger partial charge on any atom is 0.226 e. The molecule has 0 aromatic heterocycles. The number of rotatable bonds is 6. The van der Waals surface area contributed by atoms with Crippen molar-refractivity contribution in [2.45, 2.75) is 26.4 Å². The number of benzene rings is 2. The molecule has 0 spiro atoms. The summed E-state index contributed by atoms with van der Waals surface area (Å²) in [6.45, 7) is 3.74. The van der Waals surface area contributed by atoms with Gasteiger partial charge in [0.1, 0.15) is 11.5 Å². The van der Waals surface area contributed by atoms with Crippen molar-refractivity contribution in [3.63, 3.8) is 0 Å². The van der Waals surface area contributed by atoms with Crippen LogP contribution < -0.4 is 10.1 Å². The monoisotopic (exact) mass is 324 g/mol. The lowest BCUT2D eigenvalue weighted by Gasteiger charge is -2.14. The Morgan fingerprint density at radius 1 is 1.12 bits per heavy atom. The van der Waals surface area contributed by atoms with E-state index in [2.05, 4.69) is 11.4 Å². The Morgan fingerprint density at radius 2 is 1.67 bits per heavy atom. The molecule has 124 valence electrons. The molecule has 0 heterocycles. The minimum absolute atomic E-state index is 0.0407. The first-order valence-electron chi connectivity index (χ1n) is 7.74. The molecule has 0 radical (unpaired) electrons. The van der Waals surface area contributed by atoms with Crippen molar-refractivity contribution in [3.8, 4) is 17.6 Å². The Balaban J connectivity index is 1.92. The summed E-state index contributed by atoms with van der Waals surface area (Å²) in [7, 11) is 0.